The normalized spacial score (nSPS) is 9.00. The van der Waals surface area contributed by atoms with Gasteiger partial charge in [-0.3, -0.25) is 4.90 Å². The van der Waals surface area contributed by atoms with Gasteiger partial charge in [0.05, 0.1) is 5.76 Å². The van der Waals surface area contributed by atoms with Crippen molar-refractivity contribution in [2.24, 2.45) is 0 Å². The first-order valence-electron chi connectivity index (χ1n) is 4.21. The molecule has 0 unspecified atom stereocenters. The van der Waals surface area contributed by atoms with E-state index in [1.165, 1.54) is 4.90 Å². The predicted octanol–water partition coefficient (Wildman–Crippen LogP) is 2.08. The third kappa shape index (κ3) is 4.45. The first-order valence-corrected chi connectivity index (χ1v) is 4.21. The van der Waals surface area contributed by atoms with Crippen LogP contribution in [0.1, 0.15) is 19.8 Å². The fraction of sp³-hybridized carbons (Fsp3) is 0.400. The summed E-state index contributed by atoms with van der Waals surface area (Å²) in [5.74, 6) is 0.324. The molecule has 0 aromatic carbocycles. The van der Waals surface area contributed by atoms with Gasteiger partial charge < -0.3 is 9.53 Å². The highest BCUT2D eigenvalue weighted by atomic mass is 16.6. The van der Waals surface area contributed by atoms with Crippen LogP contribution >= 0.6 is 0 Å². The van der Waals surface area contributed by atoms with Gasteiger partial charge in [-0.2, -0.15) is 0 Å². The quantitative estimate of drug-likeness (QED) is 0.500. The number of carbonyl (C=O) groups excluding carboxylic acids is 2. The Morgan fingerprint density at radius 1 is 1.50 bits per heavy atom. The maximum absolute atomic E-state index is 11.3. The zero-order chi connectivity index (χ0) is 11.1. The van der Waals surface area contributed by atoms with Crippen molar-refractivity contribution < 1.29 is 14.3 Å². The lowest BCUT2D eigenvalue weighted by atomic mass is 10.2. The smallest absolute Gasteiger partial charge is 0.415 e. The van der Waals surface area contributed by atoms with Gasteiger partial charge in [-0.25, -0.2) is 4.79 Å². The Balaban J connectivity index is 4.10. The molecule has 0 radical (unpaired) electrons. The molecule has 0 aliphatic carbocycles. The summed E-state index contributed by atoms with van der Waals surface area (Å²) in [5.41, 5.74) is 0.545. The Morgan fingerprint density at radius 3 is 2.50 bits per heavy atom. The van der Waals surface area contributed by atoms with Gasteiger partial charge >= 0.3 is 6.09 Å². The minimum atomic E-state index is -0.534. The molecule has 78 valence electrons. The molecular weight excluding hydrogens is 182 g/mol. The Labute approximate surface area is 83.8 Å². The minimum Gasteiger partial charge on any atom is -0.415 e. The van der Waals surface area contributed by atoms with Gasteiger partial charge in [-0.05, 0) is 13.3 Å². The summed E-state index contributed by atoms with van der Waals surface area (Å²) in [5, 5.41) is 0. The fourth-order valence-corrected chi connectivity index (χ4v) is 0.740. The number of hydrogen-bond donors (Lipinski definition) is 0. The molecule has 0 fully saturated rings. The Bertz CT molecular complexity index is 258. The van der Waals surface area contributed by atoms with Crippen molar-refractivity contribution in [2.45, 2.75) is 19.8 Å². The van der Waals surface area contributed by atoms with Gasteiger partial charge in [0.1, 0.15) is 6.29 Å². The lowest BCUT2D eigenvalue weighted by molar-refractivity contribution is -0.107. The van der Waals surface area contributed by atoms with Crippen molar-refractivity contribution in [1.29, 1.82) is 0 Å². The minimum absolute atomic E-state index is 0.324. The van der Waals surface area contributed by atoms with E-state index in [1.54, 1.807) is 14.0 Å². The summed E-state index contributed by atoms with van der Waals surface area (Å²) in [6.07, 6.45) is 1.05. The summed E-state index contributed by atoms with van der Waals surface area (Å²) >= 11 is 0. The van der Waals surface area contributed by atoms with Gasteiger partial charge in [0.2, 0.25) is 0 Å². The fourth-order valence-electron chi connectivity index (χ4n) is 0.740. The number of rotatable bonds is 5. The van der Waals surface area contributed by atoms with Crippen LogP contribution in [0.3, 0.4) is 0 Å². The molecule has 0 bridgehead atoms. The van der Waals surface area contributed by atoms with Gasteiger partial charge in [0.25, 0.3) is 0 Å². The largest absolute Gasteiger partial charge is 0.418 e. The van der Waals surface area contributed by atoms with Crippen LogP contribution in [0.5, 0.6) is 0 Å². The molecule has 14 heavy (non-hydrogen) atoms. The number of hydrogen-bond acceptors (Lipinski definition) is 3. The van der Waals surface area contributed by atoms with Crippen molar-refractivity contribution >= 4 is 12.4 Å². The second-order valence-corrected chi connectivity index (χ2v) is 2.90. The second kappa shape index (κ2) is 5.96. The van der Waals surface area contributed by atoms with Crippen LogP contribution in [0.4, 0.5) is 4.79 Å². The lowest BCUT2D eigenvalue weighted by Gasteiger charge is -2.18. The van der Waals surface area contributed by atoms with Crippen molar-refractivity contribution in [1.82, 2.24) is 4.90 Å². The number of nitrogens with zero attached hydrogens (tertiary/aromatic N) is 1. The zero-order valence-electron chi connectivity index (χ0n) is 8.58. The van der Waals surface area contributed by atoms with Gasteiger partial charge in [-0.1, -0.05) is 13.2 Å². The molecule has 0 saturated carbocycles. The molecule has 0 heterocycles. The number of carbonyl (C=O) groups is 2. The van der Waals surface area contributed by atoms with E-state index in [9.17, 15) is 9.59 Å². The van der Waals surface area contributed by atoms with Crippen molar-refractivity contribution in [3.8, 4) is 0 Å². The second-order valence-electron chi connectivity index (χ2n) is 2.90. The Morgan fingerprint density at radius 2 is 2.07 bits per heavy atom. The van der Waals surface area contributed by atoms with Crippen LogP contribution in [0.2, 0.25) is 0 Å². The van der Waals surface area contributed by atoms with E-state index in [4.69, 9.17) is 4.74 Å². The van der Waals surface area contributed by atoms with E-state index in [0.29, 0.717) is 24.3 Å². The van der Waals surface area contributed by atoms with Crippen molar-refractivity contribution in [3.63, 3.8) is 0 Å². The number of amides is 1. The number of allylic oxidation sites excluding steroid dienone is 2. The maximum Gasteiger partial charge on any atom is 0.418 e. The molecule has 0 aliphatic heterocycles. The molecule has 0 rings (SSSR count). The van der Waals surface area contributed by atoms with E-state index in [2.05, 4.69) is 13.2 Å². The molecule has 1 amide bonds. The van der Waals surface area contributed by atoms with Gasteiger partial charge in [-0.15, -0.1) is 0 Å². The Hall–Kier alpha value is -1.58. The first kappa shape index (κ1) is 12.4. The molecule has 0 aromatic heterocycles. The molecule has 0 spiro atoms. The topological polar surface area (TPSA) is 46.6 Å². The van der Waals surface area contributed by atoms with Crippen LogP contribution < -0.4 is 0 Å². The van der Waals surface area contributed by atoms with Crippen LogP contribution in [0.25, 0.3) is 0 Å². The molecule has 0 saturated heterocycles. The summed E-state index contributed by atoms with van der Waals surface area (Å²) in [4.78, 5) is 22.6. The SMILES string of the molecule is C=C(C)OC(=O)N(C)C(=C)CCC=O. The van der Waals surface area contributed by atoms with E-state index in [1.807, 2.05) is 0 Å². The predicted molar refractivity (Wildman–Crippen MR) is 53.5 cm³/mol. The lowest BCUT2D eigenvalue weighted by Crippen LogP contribution is -2.25. The molecule has 4 nitrogen and oxygen atoms in total. The summed E-state index contributed by atoms with van der Waals surface area (Å²) in [7, 11) is 1.54. The molecule has 4 heteroatoms. The third-order valence-electron chi connectivity index (χ3n) is 1.56. The van der Waals surface area contributed by atoms with Crippen molar-refractivity contribution in [2.75, 3.05) is 7.05 Å². The van der Waals surface area contributed by atoms with Crippen LogP contribution in [0, 0.1) is 0 Å². The highest BCUT2D eigenvalue weighted by Crippen LogP contribution is 2.08. The standard InChI is InChI=1S/C10H15NO3/c1-8(2)14-10(13)11(4)9(3)6-5-7-12/h7H,1,3,5-6H2,2,4H3. The van der Waals surface area contributed by atoms with Crippen LogP contribution in [-0.4, -0.2) is 24.3 Å². The molecular formula is C10H15NO3. The third-order valence-corrected chi connectivity index (χ3v) is 1.56. The van der Waals surface area contributed by atoms with Crippen LogP contribution in [-0.2, 0) is 9.53 Å². The van der Waals surface area contributed by atoms with E-state index in [0.717, 1.165) is 6.29 Å². The average Bonchev–Trinajstić information content (AvgIpc) is 2.11. The summed E-state index contributed by atoms with van der Waals surface area (Å²) in [6.45, 7) is 8.68. The monoisotopic (exact) mass is 197 g/mol. The Kier molecular flexibility index (Phi) is 5.29. The van der Waals surface area contributed by atoms with Gasteiger partial charge in [0.15, 0.2) is 0 Å². The average molecular weight is 197 g/mol. The molecule has 0 atom stereocenters. The number of aldehydes is 1. The van der Waals surface area contributed by atoms with Crippen LogP contribution in [0.15, 0.2) is 24.6 Å². The zero-order valence-corrected chi connectivity index (χ0v) is 8.58. The molecule has 0 aromatic rings. The molecule has 0 aliphatic rings. The molecule has 0 N–H and O–H groups in total. The number of ether oxygens (including phenoxy) is 1. The maximum atomic E-state index is 11.3. The first-order chi connectivity index (χ1) is 6.49. The van der Waals surface area contributed by atoms with Crippen molar-refractivity contribution in [3.05, 3.63) is 24.6 Å². The van der Waals surface area contributed by atoms with Gasteiger partial charge in [0, 0.05) is 19.2 Å². The highest BCUT2D eigenvalue weighted by Gasteiger charge is 2.12. The summed E-state index contributed by atoms with van der Waals surface area (Å²) < 4.78 is 4.76. The van der Waals surface area contributed by atoms with E-state index in [-0.39, 0.29) is 0 Å². The van der Waals surface area contributed by atoms with E-state index < -0.39 is 6.09 Å². The highest BCUT2D eigenvalue weighted by molar-refractivity contribution is 5.70. The summed E-state index contributed by atoms with van der Waals surface area (Å²) in [6, 6.07) is 0. The van der Waals surface area contributed by atoms with E-state index >= 15 is 0 Å².